The SMILES string of the molecule is CC1CCCC(CCNc2ccccc2[N+](=O)[O-])C1. The molecular weight excluding hydrogens is 240 g/mol. The Morgan fingerprint density at radius 1 is 1.37 bits per heavy atom. The van der Waals surface area contributed by atoms with E-state index in [1.54, 1.807) is 18.2 Å². The molecule has 104 valence electrons. The topological polar surface area (TPSA) is 55.2 Å². The van der Waals surface area contributed by atoms with Gasteiger partial charge in [-0.3, -0.25) is 10.1 Å². The molecule has 0 saturated heterocycles. The van der Waals surface area contributed by atoms with Gasteiger partial charge in [-0.2, -0.15) is 0 Å². The van der Waals surface area contributed by atoms with Crippen LogP contribution in [0.4, 0.5) is 11.4 Å². The molecule has 1 aromatic rings. The molecule has 2 rings (SSSR count). The Bertz CT molecular complexity index is 434. The van der Waals surface area contributed by atoms with Crippen molar-refractivity contribution < 1.29 is 4.92 Å². The Labute approximate surface area is 114 Å². The van der Waals surface area contributed by atoms with Crippen molar-refractivity contribution in [2.24, 2.45) is 11.8 Å². The Morgan fingerprint density at radius 3 is 2.89 bits per heavy atom. The van der Waals surface area contributed by atoms with Gasteiger partial charge in [-0.1, -0.05) is 38.3 Å². The maximum absolute atomic E-state index is 10.9. The lowest BCUT2D eigenvalue weighted by molar-refractivity contribution is -0.384. The van der Waals surface area contributed by atoms with Crippen LogP contribution in [-0.2, 0) is 0 Å². The number of anilines is 1. The molecule has 1 saturated carbocycles. The maximum Gasteiger partial charge on any atom is 0.292 e. The lowest BCUT2D eigenvalue weighted by Gasteiger charge is -2.26. The molecule has 0 radical (unpaired) electrons. The highest BCUT2D eigenvalue weighted by Gasteiger charge is 2.19. The zero-order valence-corrected chi connectivity index (χ0v) is 11.5. The largest absolute Gasteiger partial charge is 0.379 e. The van der Waals surface area contributed by atoms with Crippen LogP contribution in [0, 0.1) is 22.0 Å². The van der Waals surface area contributed by atoms with E-state index in [1.807, 2.05) is 6.07 Å². The number of nitro groups is 1. The van der Waals surface area contributed by atoms with Gasteiger partial charge < -0.3 is 5.32 Å². The Kier molecular flexibility index (Phi) is 4.77. The van der Waals surface area contributed by atoms with E-state index in [1.165, 1.54) is 25.7 Å². The van der Waals surface area contributed by atoms with Crippen LogP contribution in [0.3, 0.4) is 0 Å². The number of para-hydroxylation sites is 2. The van der Waals surface area contributed by atoms with E-state index in [4.69, 9.17) is 0 Å². The van der Waals surface area contributed by atoms with E-state index in [0.29, 0.717) is 5.69 Å². The number of benzene rings is 1. The van der Waals surface area contributed by atoms with E-state index in [-0.39, 0.29) is 10.6 Å². The summed E-state index contributed by atoms with van der Waals surface area (Å²) in [5.41, 5.74) is 0.802. The third-order valence-electron chi connectivity index (χ3n) is 4.01. The lowest BCUT2D eigenvalue weighted by Crippen LogP contribution is -2.16. The van der Waals surface area contributed by atoms with Crippen LogP contribution in [0.15, 0.2) is 24.3 Å². The van der Waals surface area contributed by atoms with Gasteiger partial charge in [0.2, 0.25) is 0 Å². The highest BCUT2D eigenvalue weighted by atomic mass is 16.6. The highest BCUT2D eigenvalue weighted by molar-refractivity contribution is 5.60. The first kappa shape index (κ1) is 13.8. The minimum Gasteiger partial charge on any atom is -0.379 e. The minimum atomic E-state index is -0.328. The van der Waals surface area contributed by atoms with Gasteiger partial charge in [0.25, 0.3) is 5.69 Å². The molecule has 4 nitrogen and oxygen atoms in total. The number of nitrogens with one attached hydrogen (secondary N) is 1. The average Bonchev–Trinajstić information content (AvgIpc) is 2.39. The van der Waals surface area contributed by atoms with Gasteiger partial charge in [0.1, 0.15) is 5.69 Å². The predicted molar refractivity (Wildman–Crippen MR) is 77.3 cm³/mol. The maximum atomic E-state index is 10.9. The number of nitrogens with zero attached hydrogens (tertiary/aromatic N) is 1. The monoisotopic (exact) mass is 262 g/mol. The summed E-state index contributed by atoms with van der Waals surface area (Å²) < 4.78 is 0. The van der Waals surface area contributed by atoms with Crippen molar-refractivity contribution >= 4 is 11.4 Å². The molecule has 19 heavy (non-hydrogen) atoms. The first-order chi connectivity index (χ1) is 9.16. The van der Waals surface area contributed by atoms with Crippen molar-refractivity contribution in [3.8, 4) is 0 Å². The molecular formula is C15H22N2O2. The number of rotatable bonds is 5. The van der Waals surface area contributed by atoms with E-state index in [0.717, 1.165) is 24.8 Å². The van der Waals surface area contributed by atoms with Crippen LogP contribution in [0.2, 0.25) is 0 Å². The summed E-state index contributed by atoms with van der Waals surface area (Å²) >= 11 is 0. The quantitative estimate of drug-likeness (QED) is 0.638. The third-order valence-corrected chi connectivity index (χ3v) is 4.01. The summed E-state index contributed by atoms with van der Waals surface area (Å²) in [4.78, 5) is 10.6. The Balaban J connectivity index is 1.84. The Morgan fingerprint density at radius 2 is 2.16 bits per heavy atom. The molecule has 2 atom stereocenters. The van der Waals surface area contributed by atoms with Crippen LogP contribution >= 0.6 is 0 Å². The molecule has 1 aliphatic rings. The first-order valence-corrected chi connectivity index (χ1v) is 7.14. The average molecular weight is 262 g/mol. The van der Waals surface area contributed by atoms with Crippen molar-refractivity contribution in [2.45, 2.75) is 39.0 Å². The summed E-state index contributed by atoms with van der Waals surface area (Å²) in [5.74, 6) is 1.61. The second kappa shape index (κ2) is 6.55. The number of nitro benzene ring substituents is 1. The molecule has 0 spiro atoms. The number of hydrogen-bond donors (Lipinski definition) is 1. The van der Waals surface area contributed by atoms with Gasteiger partial charge in [0.05, 0.1) is 4.92 Å². The van der Waals surface area contributed by atoms with Gasteiger partial charge in [0, 0.05) is 12.6 Å². The third kappa shape index (κ3) is 3.94. The molecule has 4 heteroatoms. The predicted octanol–water partition coefficient (Wildman–Crippen LogP) is 4.22. The van der Waals surface area contributed by atoms with Gasteiger partial charge in [-0.05, 0) is 30.7 Å². The lowest BCUT2D eigenvalue weighted by atomic mass is 9.81. The smallest absolute Gasteiger partial charge is 0.292 e. The molecule has 1 aliphatic carbocycles. The molecule has 0 amide bonds. The second-order valence-electron chi connectivity index (χ2n) is 5.63. The zero-order valence-electron chi connectivity index (χ0n) is 11.5. The normalized spacial score (nSPS) is 23.0. The van der Waals surface area contributed by atoms with Crippen molar-refractivity contribution in [1.82, 2.24) is 0 Å². The molecule has 2 unspecified atom stereocenters. The fraction of sp³-hybridized carbons (Fsp3) is 0.600. The van der Waals surface area contributed by atoms with E-state index >= 15 is 0 Å². The van der Waals surface area contributed by atoms with E-state index in [2.05, 4.69) is 12.2 Å². The molecule has 0 heterocycles. The van der Waals surface area contributed by atoms with Crippen LogP contribution in [0.5, 0.6) is 0 Å². The highest BCUT2D eigenvalue weighted by Crippen LogP contribution is 2.31. The van der Waals surface area contributed by atoms with Gasteiger partial charge in [-0.25, -0.2) is 0 Å². The summed E-state index contributed by atoms with van der Waals surface area (Å²) in [6.45, 7) is 3.14. The molecule has 1 N–H and O–H groups in total. The van der Waals surface area contributed by atoms with Crippen molar-refractivity contribution in [3.63, 3.8) is 0 Å². The summed E-state index contributed by atoms with van der Waals surface area (Å²) in [6.07, 6.45) is 6.41. The van der Waals surface area contributed by atoms with Crippen LogP contribution in [0.25, 0.3) is 0 Å². The molecule has 1 fully saturated rings. The second-order valence-corrected chi connectivity index (χ2v) is 5.63. The summed E-state index contributed by atoms with van der Waals surface area (Å²) in [7, 11) is 0. The molecule has 0 aliphatic heterocycles. The van der Waals surface area contributed by atoms with Crippen LogP contribution in [-0.4, -0.2) is 11.5 Å². The van der Waals surface area contributed by atoms with Gasteiger partial charge in [-0.15, -0.1) is 0 Å². The fourth-order valence-electron chi connectivity index (χ4n) is 3.02. The minimum absolute atomic E-state index is 0.166. The van der Waals surface area contributed by atoms with Crippen molar-refractivity contribution in [1.29, 1.82) is 0 Å². The van der Waals surface area contributed by atoms with Gasteiger partial charge >= 0.3 is 0 Å². The summed E-state index contributed by atoms with van der Waals surface area (Å²) in [5, 5.41) is 14.1. The van der Waals surface area contributed by atoms with Crippen molar-refractivity contribution in [2.75, 3.05) is 11.9 Å². The Hall–Kier alpha value is -1.58. The van der Waals surface area contributed by atoms with Crippen molar-refractivity contribution in [3.05, 3.63) is 34.4 Å². The first-order valence-electron chi connectivity index (χ1n) is 7.14. The number of hydrogen-bond acceptors (Lipinski definition) is 3. The van der Waals surface area contributed by atoms with Crippen LogP contribution < -0.4 is 5.32 Å². The van der Waals surface area contributed by atoms with E-state index in [9.17, 15) is 10.1 Å². The molecule has 1 aromatic carbocycles. The zero-order chi connectivity index (χ0) is 13.7. The standard InChI is InChI=1S/C15H22N2O2/c1-12-5-4-6-13(11-12)9-10-16-14-7-2-3-8-15(14)17(18)19/h2-3,7-8,12-13,16H,4-6,9-11H2,1H3. The van der Waals surface area contributed by atoms with Crippen LogP contribution in [0.1, 0.15) is 39.0 Å². The summed E-state index contributed by atoms with van der Waals surface area (Å²) in [6, 6.07) is 6.86. The van der Waals surface area contributed by atoms with Gasteiger partial charge in [0.15, 0.2) is 0 Å². The molecule has 0 aromatic heterocycles. The van der Waals surface area contributed by atoms with E-state index < -0.39 is 0 Å². The molecule has 0 bridgehead atoms. The fourth-order valence-corrected chi connectivity index (χ4v) is 3.02.